The third-order valence-electron chi connectivity index (χ3n) is 1.70. The van der Waals surface area contributed by atoms with Crippen LogP contribution in [0, 0.1) is 0 Å². The predicted octanol–water partition coefficient (Wildman–Crippen LogP) is 2.22. The molecule has 0 spiro atoms. The van der Waals surface area contributed by atoms with Gasteiger partial charge in [0.25, 0.3) is 0 Å². The molecule has 12 heavy (non-hydrogen) atoms. The van der Waals surface area contributed by atoms with Gasteiger partial charge in [0.2, 0.25) is 0 Å². The Labute approximate surface area is 77.1 Å². The summed E-state index contributed by atoms with van der Waals surface area (Å²) in [6, 6.07) is 2.30. The Morgan fingerprint density at radius 3 is 3.00 bits per heavy atom. The molecule has 0 aliphatic heterocycles. The molecule has 1 atom stereocenters. The van der Waals surface area contributed by atoms with Crippen molar-refractivity contribution in [1.29, 1.82) is 0 Å². The van der Waals surface area contributed by atoms with E-state index in [9.17, 15) is 0 Å². The largest absolute Gasteiger partial charge is 0.271 e. The summed E-state index contributed by atoms with van der Waals surface area (Å²) >= 11 is 1.69. The fraction of sp³-hybridized carbons (Fsp3) is 0.333. The fourth-order valence-corrected chi connectivity index (χ4v) is 1.81. The molecule has 1 aromatic rings. The molecule has 2 nitrogen and oxygen atoms in total. The van der Waals surface area contributed by atoms with Crippen molar-refractivity contribution < 1.29 is 0 Å². The first-order chi connectivity index (χ1) is 5.74. The van der Waals surface area contributed by atoms with E-state index in [0.717, 1.165) is 12.0 Å². The Balaban J connectivity index is 2.63. The van der Waals surface area contributed by atoms with Gasteiger partial charge in [-0.25, -0.2) is 0 Å². The maximum Gasteiger partial charge on any atom is 0.0505 e. The molecule has 3 heteroatoms. The Bertz CT molecular complexity index is 241. The van der Waals surface area contributed by atoms with Crippen LogP contribution in [0.4, 0.5) is 0 Å². The van der Waals surface area contributed by atoms with Crippen LogP contribution in [-0.4, -0.2) is 0 Å². The molecule has 0 aliphatic rings. The third kappa shape index (κ3) is 2.44. The van der Waals surface area contributed by atoms with Gasteiger partial charge in [0.1, 0.15) is 0 Å². The van der Waals surface area contributed by atoms with Gasteiger partial charge in [-0.15, -0.1) is 6.58 Å². The van der Waals surface area contributed by atoms with Gasteiger partial charge < -0.3 is 0 Å². The highest BCUT2D eigenvalue weighted by Crippen LogP contribution is 2.21. The summed E-state index contributed by atoms with van der Waals surface area (Å²) < 4.78 is 0. The van der Waals surface area contributed by atoms with Gasteiger partial charge in [-0.1, -0.05) is 5.57 Å². The molecular formula is C9H14N2S. The Hall–Kier alpha value is -0.640. The van der Waals surface area contributed by atoms with Crippen molar-refractivity contribution in [3.05, 3.63) is 34.5 Å². The lowest BCUT2D eigenvalue weighted by Gasteiger charge is -2.13. The molecule has 66 valence electrons. The highest BCUT2D eigenvalue weighted by molar-refractivity contribution is 7.07. The number of nitrogens with one attached hydrogen (secondary N) is 1. The first-order valence-electron chi connectivity index (χ1n) is 3.86. The highest BCUT2D eigenvalue weighted by Gasteiger charge is 2.08. The van der Waals surface area contributed by atoms with E-state index in [0.29, 0.717) is 0 Å². The SMILES string of the molecule is C=C(C)CC(NN)c1ccsc1. The van der Waals surface area contributed by atoms with Crippen LogP contribution in [0.5, 0.6) is 0 Å². The Kier molecular flexibility index (Phi) is 3.47. The van der Waals surface area contributed by atoms with E-state index >= 15 is 0 Å². The quantitative estimate of drug-likeness (QED) is 0.425. The zero-order valence-electron chi connectivity index (χ0n) is 7.21. The first kappa shape index (κ1) is 9.45. The third-order valence-corrected chi connectivity index (χ3v) is 2.40. The van der Waals surface area contributed by atoms with Gasteiger partial charge in [0.15, 0.2) is 0 Å². The molecule has 1 aromatic heterocycles. The van der Waals surface area contributed by atoms with Crippen LogP contribution < -0.4 is 11.3 Å². The van der Waals surface area contributed by atoms with E-state index in [1.54, 1.807) is 11.3 Å². The molecular weight excluding hydrogens is 168 g/mol. The zero-order valence-corrected chi connectivity index (χ0v) is 8.03. The first-order valence-corrected chi connectivity index (χ1v) is 4.81. The number of rotatable bonds is 4. The maximum absolute atomic E-state index is 5.43. The fourth-order valence-electron chi connectivity index (χ4n) is 1.09. The molecule has 0 radical (unpaired) electrons. The van der Waals surface area contributed by atoms with Crippen molar-refractivity contribution >= 4 is 11.3 Å². The lowest BCUT2D eigenvalue weighted by molar-refractivity contribution is 0.552. The van der Waals surface area contributed by atoms with Crippen LogP contribution in [0.1, 0.15) is 24.9 Å². The summed E-state index contributed by atoms with van der Waals surface area (Å²) in [6.07, 6.45) is 0.896. The molecule has 0 aromatic carbocycles. The van der Waals surface area contributed by atoms with E-state index in [2.05, 4.69) is 28.8 Å². The van der Waals surface area contributed by atoms with Gasteiger partial charge in [-0.3, -0.25) is 11.3 Å². The van der Waals surface area contributed by atoms with Crippen LogP contribution in [0.2, 0.25) is 0 Å². The van der Waals surface area contributed by atoms with E-state index in [4.69, 9.17) is 5.84 Å². The summed E-state index contributed by atoms with van der Waals surface area (Å²) in [5.74, 6) is 5.43. The molecule has 0 saturated heterocycles. The van der Waals surface area contributed by atoms with Crippen LogP contribution in [0.25, 0.3) is 0 Å². The van der Waals surface area contributed by atoms with Crippen molar-refractivity contribution in [2.24, 2.45) is 5.84 Å². The van der Waals surface area contributed by atoms with E-state index in [1.165, 1.54) is 5.56 Å². The van der Waals surface area contributed by atoms with Crippen LogP contribution in [-0.2, 0) is 0 Å². The minimum absolute atomic E-state index is 0.216. The number of hydrogen-bond donors (Lipinski definition) is 2. The van der Waals surface area contributed by atoms with E-state index in [1.807, 2.05) is 6.92 Å². The molecule has 0 saturated carbocycles. The lowest BCUT2D eigenvalue weighted by Crippen LogP contribution is -2.27. The number of hydrazine groups is 1. The van der Waals surface area contributed by atoms with E-state index < -0.39 is 0 Å². The monoisotopic (exact) mass is 182 g/mol. The van der Waals surface area contributed by atoms with Crippen molar-refractivity contribution in [2.75, 3.05) is 0 Å². The second kappa shape index (κ2) is 4.40. The molecule has 3 N–H and O–H groups in total. The number of thiophene rings is 1. The number of hydrogen-bond acceptors (Lipinski definition) is 3. The lowest BCUT2D eigenvalue weighted by atomic mass is 10.0. The minimum Gasteiger partial charge on any atom is -0.271 e. The van der Waals surface area contributed by atoms with Gasteiger partial charge in [-0.05, 0) is 35.7 Å². The van der Waals surface area contributed by atoms with Crippen LogP contribution in [0.15, 0.2) is 29.0 Å². The summed E-state index contributed by atoms with van der Waals surface area (Å²) in [5.41, 5.74) is 5.17. The normalized spacial score (nSPS) is 12.8. The van der Waals surface area contributed by atoms with Gasteiger partial charge in [-0.2, -0.15) is 11.3 Å². The molecule has 1 unspecified atom stereocenters. The van der Waals surface area contributed by atoms with Gasteiger partial charge in [0.05, 0.1) is 6.04 Å². The van der Waals surface area contributed by atoms with Gasteiger partial charge >= 0.3 is 0 Å². The predicted molar refractivity (Wildman–Crippen MR) is 53.8 cm³/mol. The minimum atomic E-state index is 0.216. The highest BCUT2D eigenvalue weighted by atomic mass is 32.1. The average molecular weight is 182 g/mol. The summed E-state index contributed by atoms with van der Waals surface area (Å²) in [7, 11) is 0. The van der Waals surface area contributed by atoms with Crippen molar-refractivity contribution in [2.45, 2.75) is 19.4 Å². The molecule has 1 heterocycles. The molecule has 1 rings (SSSR count). The summed E-state index contributed by atoms with van der Waals surface area (Å²) in [5, 5.41) is 4.16. The smallest absolute Gasteiger partial charge is 0.0505 e. The Morgan fingerprint density at radius 1 is 1.83 bits per heavy atom. The summed E-state index contributed by atoms with van der Waals surface area (Å²) in [4.78, 5) is 0. The zero-order chi connectivity index (χ0) is 8.97. The average Bonchev–Trinajstić information content (AvgIpc) is 2.51. The van der Waals surface area contributed by atoms with Crippen LogP contribution in [0.3, 0.4) is 0 Å². The van der Waals surface area contributed by atoms with E-state index in [-0.39, 0.29) is 6.04 Å². The maximum atomic E-state index is 5.43. The van der Waals surface area contributed by atoms with Gasteiger partial charge in [0, 0.05) is 0 Å². The second-order valence-corrected chi connectivity index (χ2v) is 3.72. The summed E-state index contributed by atoms with van der Waals surface area (Å²) in [6.45, 7) is 5.87. The molecule has 0 bridgehead atoms. The second-order valence-electron chi connectivity index (χ2n) is 2.94. The number of nitrogens with two attached hydrogens (primary N) is 1. The topological polar surface area (TPSA) is 38.0 Å². The Morgan fingerprint density at radius 2 is 2.58 bits per heavy atom. The van der Waals surface area contributed by atoms with Crippen molar-refractivity contribution in [3.63, 3.8) is 0 Å². The van der Waals surface area contributed by atoms with Crippen molar-refractivity contribution in [3.8, 4) is 0 Å². The van der Waals surface area contributed by atoms with Crippen LogP contribution >= 0.6 is 11.3 Å². The molecule has 0 aliphatic carbocycles. The molecule has 0 amide bonds. The molecule has 0 fully saturated rings. The van der Waals surface area contributed by atoms with Crippen molar-refractivity contribution in [1.82, 2.24) is 5.43 Å². The standard InChI is InChI=1S/C9H14N2S/c1-7(2)5-9(11-10)8-3-4-12-6-8/h3-4,6,9,11H,1,5,10H2,2H3.